The van der Waals surface area contributed by atoms with E-state index < -0.39 is 0 Å². The fraction of sp³-hybridized carbons (Fsp3) is 0.947. The lowest BCUT2D eigenvalue weighted by atomic mass is 9.91. The normalized spacial score (nSPS) is 29.1. The summed E-state index contributed by atoms with van der Waals surface area (Å²) in [6.07, 6.45) is 4.49. The molecule has 160 valence electrons. The van der Waals surface area contributed by atoms with Gasteiger partial charge in [-0.1, -0.05) is 0 Å². The summed E-state index contributed by atoms with van der Waals surface area (Å²) in [7, 11) is 0. The quantitative estimate of drug-likeness (QED) is 0.725. The molecule has 1 amide bonds. The minimum absolute atomic E-state index is 0. The van der Waals surface area contributed by atoms with E-state index in [0.29, 0.717) is 0 Å². The maximum Gasteiger partial charge on any atom is 0.239 e. The highest BCUT2D eigenvalue weighted by Gasteiger charge is 2.32. The molecule has 3 aliphatic rings. The number of hydrogen-bond donors (Lipinski definition) is 1. The van der Waals surface area contributed by atoms with Gasteiger partial charge in [-0.15, -0.1) is 24.8 Å². The highest BCUT2D eigenvalue weighted by Crippen LogP contribution is 2.23. The lowest BCUT2D eigenvalue weighted by Crippen LogP contribution is -2.56. The van der Waals surface area contributed by atoms with Crippen LogP contribution in [0.3, 0.4) is 0 Å². The van der Waals surface area contributed by atoms with E-state index in [4.69, 9.17) is 10.5 Å². The maximum absolute atomic E-state index is 12.7. The molecule has 0 aliphatic carbocycles. The van der Waals surface area contributed by atoms with Crippen LogP contribution in [0.15, 0.2) is 0 Å². The van der Waals surface area contributed by atoms with Crippen molar-refractivity contribution < 1.29 is 9.53 Å². The smallest absolute Gasteiger partial charge is 0.239 e. The maximum atomic E-state index is 12.7. The van der Waals surface area contributed by atoms with Crippen molar-refractivity contribution in [3.05, 3.63) is 0 Å². The molecule has 6 nitrogen and oxygen atoms in total. The Balaban J connectivity index is 0.00000182. The van der Waals surface area contributed by atoms with Gasteiger partial charge in [-0.25, -0.2) is 0 Å². The molecule has 3 heterocycles. The van der Waals surface area contributed by atoms with Crippen LogP contribution in [0, 0.1) is 5.92 Å². The average molecular weight is 425 g/mol. The van der Waals surface area contributed by atoms with Gasteiger partial charge in [0.25, 0.3) is 0 Å². The molecule has 0 aromatic rings. The summed E-state index contributed by atoms with van der Waals surface area (Å²) >= 11 is 0. The number of nitrogens with two attached hydrogens (primary N) is 1. The van der Waals surface area contributed by atoms with E-state index in [1.54, 1.807) is 0 Å². The molecule has 0 saturated carbocycles. The van der Waals surface area contributed by atoms with Gasteiger partial charge in [0.2, 0.25) is 5.91 Å². The molecular weight excluding hydrogens is 387 g/mol. The summed E-state index contributed by atoms with van der Waals surface area (Å²) in [5.41, 5.74) is 6.26. The van der Waals surface area contributed by atoms with Crippen LogP contribution in [0.25, 0.3) is 0 Å². The number of hydrogen-bond acceptors (Lipinski definition) is 5. The highest BCUT2D eigenvalue weighted by molar-refractivity contribution is 5.85. The predicted molar refractivity (Wildman–Crippen MR) is 114 cm³/mol. The third-order valence-corrected chi connectivity index (χ3v) is 6.55. The van der Waals surface area contributed by atoms with Gasteiger partial charge in [0.05, 0.1) is 6.04 Å². The Hall–Kier alpha value is -0.110. The van der Waals surface area contributed by atoms with Crippen molar-refractivity contribution >= 4 is 30.7 Å². The molecule has 2 N–H and O–H groups in total. The van der Waals surface area contributed by atoms with Crippen LogP contribution in [-0.2, 0) is 9.53 Å². The van der Waals surface area contributed by atoms with Crippen molar-refractivity contribution in [3.8, 4) is 0 Å². The number of halogens is 2. The van der Waals surface area contributed by atoms with E-state index in [1.165, 1.54) is 12.8 Å². The first-order valence-corrected chi connectivity index (χ1v) is 10.2. The Bertz CT molecular complexity index is 433. The summed E-state index contributed by atoms with van der Waals surface area (Å²) in [5, 5.41) is 0. The van der Waals surface area contributed by atoms with Crippen LogP contribution in [0.5, 0.6) is 0 Å². The van der Waals surface area contributed by atoms with E-state index in [0.717, 1.165) is 77.4 Å². The lowest BCUT2D eigenvalue weighted by molar-refractivity contribution is -0.136. The van der Waals surface area contributed by atoms with Gasteiger partial charge in [0, 0.05) is 64.6 Å². The number of ether oxygens (including phenoxy) is 1. The fourth-order valence-electron chi connectivity index (χ4n) is 4.63. The number of piperazine rings is 1. The summed E-state index contributed by atoms with van der Waals surface area (Å²) in [4.78, 5) is 19.8. The zero-order valence-corrected chi connectivity index (χ0v) is 18.5. The monoisotopic (exact) mass is 424 g/mol. The standard InChI is InChI=1S/C19H36N4O2.2ClH/c1-15-3-4-16(2)23(15)12-9-21-7-10-22(11-8-21)19(24)18(20)17-5-13-25-14-6-17;;/h15-18H,3-14,20H2,1-2H3;2*1H. The second-order valence-corrected chi connectivity index (χ2v) is 8.16. The van der Waals surface area contributed by atoms with Gasteiger partial charge in [0.1, 0.15) is 0 Å². The van der Waals surface area contributed by atoms with Crippen LogP contribution < -0.4 is 5.73 Å². The predicted octanol–water partition coefficient (Wildman–Crippen LogP) is 1.60. The lowest BCUT2D eigenvalue weighted by Gasteiger charge is -2.38. The third-order valence-electron chi connectivity index (χ3n) is 6.55. The minimum Gasteiger partial charge on any atom is -0.381 e. The minimum atomic E-state index is -0.346. The zero-order chi connectivity index (χ0) is 17.8. The number of carbonyl (C=O) groups excluding carboxylic acids is 1. The molecule has 3 fully saturated rings. The second kappa shape index (κ2) is 11.8. The van der Waals surface area contributed by atoms with Crippen molar-refractivity contribution in [3.63, 3.8) is 0 Å². The molecule has 0 bridgehead atoms. The number of nitrogens with zero attached hydrogens (tertiary/aromatic N) is 3. The molecule has 8 heteroatoms. The SMILES string of the molecule is CC1CCC(C)N1CCN1CCN(C(=O)C(N)C2CCOCC2)CC1.Cl.Cl. The fourth-order valence-corrected chi connectivity index (χ4v) is 4.63. The topological polar surface area (TPSA) is 62.0 Å². The average Bonchev–Trinajstić information content (AvgIpc) is 2.98. The molecular formula is C19H38Cl2N4O2. The molecule has 3 rings (SSSR count). The van der Waals surface area contributed by atoms with Crippen molar-refractivity contribution in [1.82, 2.24) is 14.7 Å². The number of likely N-dealkylation sites (tertiary alicyclic amines) is 1. The van der Waals surface area contributed by atoms with Gasteiger partial charge in [-0.05, 0) is 45.4 Å². The van der Waals surface area contributed by atoms with Gasteiger partial charge >= 0.3 is 0 Å². The Morgan fingerprint density at radius 2 is 1.52 bits per heavy atom. The second-order valence-electron chi connectivity index (χ2n) is 8.16. The first-order valence-electron chi connectivity index (χ1n) is 10.2. The molecule has 0 aromatic carbocycles. The van der Waals surface area contributed by atoms with Gasteiger partial charge in [-0.3, -0.25) is 14.6 Å². The molecule has 3 atom stereocenters. The summed E-state index contributed by atoms with van der Waals surface area (Å²) in [6.45, 7) is 12.0. The van der Waals surface area contributed by atoms with E-state index in [9.17, 15) is 4.79 Å². The van der Waals surface area contributed by atoms with E-state index >= 15 is 0 Å². The van der Waals surface area contributed by atoms with Gasteiger partial charge in [-0.2, -0.15) is 0 Å². The molecule has 3 aliphatic heterocycles. The third kappa shape index (κ3) is 6.44. The summed E-state index contributed by atoms with van der Waals surface area (Å²) in [6, 6.07) is 1.09. The van der Waals surface area contributed by atoms with E-state index in [1.807, 2.05) is 4.90 Å². The van der Waals surface area contributed by atoms with E-state index in [2.05, 4.69) is 23.6 Å². The van der Waals surface area contributed by atoms with Crippen molar-refractivity contribution in [1.29, 1.82) is 0 Å². The Kier molecular flexibility index (Phi) is 10.9. The van der Waals surface area contributed by atoms with Crippen LogP contribution in [-0.4, -0.2) is 91.2 Å². The van der Waals surface area contributed by atoms with Gasteiger partial charge in [0.15, 0.2) is 0 Å². The first kappa shape index (κ1) is 24.9. The highest BCUT2D eigenvalue weighted by atomic mass is 35.5. The van der Waals surface area contributed by atoms with Crippen molar-refractivity contribution in [2.45, 2.75) is 57.7 Å². The summed E-state index contributed by atoms with van der Waals surface area (Å²) < 4.78 is 5.38. The van der Waals surface area contributed by atoms with E-state index in [-0.39, 0.29) is 42.7 Å². The molecule has 0 spiro atoms. The zero-order valence-electron chi connectivity index (χ0n) is 16.8. The van der Waals surface area contributed by atoms with Crippen LogP contribution in [0.2, 0.25) is 0 Å². The number of rotatable bonds is 5. The molecule has 0 radical (unpaired) electrons. The Labute approximate surface area is 176 Å². The Morgan fingerprint density at radius 1 is 0.963 bits per heavy atom. The van der Waals surface area contributed by atoms with Gasteiger partial charge < -0.3 is 15.4 Å². The molecule has 3 unspecified atom stereocenters. The van der Waals surface area contributed by atoms with Crippen LogP contribution in [0.1, 0.15) is 39.5 Å². The number of carbonyl (C=O) groups is 1. The van der Waals surface area contributed by atoms with Crippen molar-refractivity contribution in [2.24, 2.45) is 11.7 Å². The summed E-state index contributed by atoms with van der Waals surface area (Å²) in [5.74, 6) is 0.436. The van der Waals surface area contributed by atoms with Crippen LogP contribution >= 0.6 is 24.8 Å². The largest absolute Gasteiger partial charge is 0.381 e. The first-order chi connectivity index (χ1) is 12.1. The molecule has 3 saturated heterocycles. The molecule has 0 aromatic heterocycles. The molecule has 27 heavy (non-hydrogen) atoms. The number of amides is 1. The Morgan fingerprint density at radius 3 is 2.07 bits per heavy atom. The van der Waals surface area contributed by atoms with Crippen LogP contribution in [0.4, 0.5) is 0 Å². The van der Waals surface area contributed by atoms with Crippen molar-refractivity contribution in [2.75, 3.05) is 52.5 Å².